The highest BCUT2D eigenvalue weighted by molar-refractivity contribution is 6.41. The minimum Gasteiger partial charge on any atom is -0.268 e. The van der Waals surface area contributed by atoms with E-state index in [0.29, 0.717) is 22.4 Å². The van der Waals surface area contributed by atoms with E-state index in [1.807, 2.05) is 53.7 Å². The van der Waals surface area contributed by atoms with Crippen molar-refractivity contribution in [2.24, 2.45) is 0 Å². The summed E-state index contributed by atoms with van der Waals surface area (Å²) in [5.41, 5.74) is 2.65. The summed E-state index contributed by atoms with van der Waals surface area (Å²) < 4.78 is 0. The summed E-state index contributed by atoms with van der Waals surface area (Å²) in [5, 5.41) is 0. The fourth-order valence-corrected chi connectivity index (χ4v) is 2.52. The van der Waals surface area contributed by atoms with Gasteiger partial charge in [-0.05, 0) is 23.8 Å². The number of hydrogen-bond donors (Lipinski definition) is 0. The molecule has 0 aromatic heterocycles. The van der Waals surface area contributed by atoms with E-state index in [4.69, 9.17) is 0 Å². The van der Waals surface area contributed by atoms with Crippen molar-refractivity contribution in [1.29, 1.82) is 0 Å². The molecular weight excluding hydrogens is 334 g/mol. The van der Waals surface area contributed by atoms with Crippen LogP contribution >= 0.6 is 0 Å². The fourth-order valence-electron chi connectivity index (χ4n) is 2.52. The molecule has 0 unspecified atom stereocenters. The fraction of sp³-hybridized carbons (Fsp3) is 0.250. The standard InChI is InChI=1S/C18H13NO2.3C2H6/c1-3-13-8-7-11-15-16(13)12(2)17(20)19(18(15)21)14-9-5-4-6-10-14;3*1-2/h3-11H,1-2H2;3*1-2H3. The SMILES string of the molecule is C=Cc1cccc2c1C(=C)C(=O)N(c1ccccc1)C2=O.CC.CC.CC. The lowest BCUT2D eigenvalue weighted by Crippen LogP contribution is -2.41. The van der Waals surface area contributed by atoms with Gasteiger partial charge in [0, 0.05) is 16.7 Å². The maximum Gasteiger partial charge on any atom is 0.265 e. The molecule has 1 aliphatic rings. The van der Waals surface area contributed by atoms with Gasteiger partial charge in [-0.1, -0.05) is 91.1 Å². The number of carbonyl (C=O) groups excluding carboxylic acids is 2. The lowest BCUT2D eigenvalue weighted by molar-refractivity contribution is -0.112. The highest BCUT2D eigenvalue weighted by atomic mass is 16.2. The van der Waals surface area contributed by atoms with Gasteiger partial charge in [0.25, 0.3) is 11.8 Å². The number of anilines is 1. The molecule has 0 N–H and O–H groups in total. The number of rotatable bonds is 2. The molecule has 27 heavy (non-hydrogen) atoms. The molecule has 0 saturated heterocycles. The van der Waals surface area contributed by atoms with Crippen LogP contribution in [0.15, 0.2) is 61.7 Å². The maximum atomic E-state index is 12.7. The van der Waals surface area contributed by atoms with Crippen molar-refractivity contribution in [2.75, 3.05) is 4.90 Å². The lowest BCUT2D eigenvalue weighted by Gasteiger charge is -2.29. The van der Waals surface area contributed by atoms with Gasteiger partial charge in [-0.25, -0.2) is 4.90 Å². The van der Waals surface area contributed by atoms with Gasteiger partial charge in [-0.3, -0.25) is 9.59 Å². The molecule has 0 bridgehead atoms. The Morgan fingerprint density at radius 3 is 1.85 bits per heavy atom. The summed E-state index contributed by atoms with van der Waals surface area (Å²) in [7, 11) is 0. The molecule has 3 nitrogen and oxygen atoms in total. The first-order chi connectivity index (χ1) is 13.1. The number of fused-ring (bicyclic) bond motifs is 1. The Kier molecular flexibility index (Phi) is 11.1. The molecule has 3 heteroatoms. The number of nitrogens with zero attached hydrogens (tertiary/aromatic N) is 1. The van der Waals surface area contributed by atoms with Gasteiger partial charge >= 0.3 is 0 Å². The summed E-state index contributed by atoms with van der Waals surface area (Å²) in [6, 6.07) is 14.2. The molecule has 2 amide bonds. The first-order valence-electron chi connectivity index (χ1n) is 9.53. The number of para-hydroxylation sites is 1. The average molecular weight is 366 g/mol. The van der Waals surface area contributed by atoms with Gasteiger partial charge in [-0.2, -0.15) is 0 Å². The van der Waals surface area contributed by atoms with Crippen LogP contribution in [0.1, 0.15) is 63.0 Å². The number of benzene rings is 2. The van der Waals surface area contributed by atoms with Crippen LogP contribution in [-0.4, -0.2) is 11.8 Å². The molecule has 1 aliphatic heterocycles. The van der Waals surface area contributed by atoms with Crippen LogP contribution in [0, 0.1) is 0 Å². The van der Waals surface area contributed by atoms with Crippen molar-refractivity contribution < 1.29 is 9.59 Å². The molecule has 1 heterocycles. The van der Waals surface area contributed by atoms with Gasteiger partial charge in [0.05, 0.1) is 5.69 Å². The highest BCUT2D eigenvalue weighted by Crippen LogP contribution is 2.33. The Bertz CT molecular complexity index is 776. The van der Waals surface area contributed by atoms with Crippen molar-refractivity contribution in [3.63, 3.8) is 0 Å². The third-order valence-electron chi connectivity index (χ3n) is 3.53. The van der Waals surface area contributed by atoms with Crippen LogP contribution in [0.25, 0.3) is 11.6 Å². The van der Waals surface area contributed by atoms with Crippen molar-refractivity contribution in [2.45, 2.75) is 41.5 Å². The monoisotopic (exact) mass is 365 g/mol. The molecule has 144 valence electrons. The smallest absolute Gasteiger partial charge is 0.265 e. The third kappa shape index (κ3) is 5.04. The largest absolute Gasteiger partial charge is 0.268 e. The zero-order valence-corrected chi connectivity index (χ0v) is 17.4. The topological polar surface area (TPSA) is 37.4 Å². The third-order valence-corrected chi connectivity index (χ3v) is 3.53. The Balaban J connectivity index is 0.00000103. The van der Waals surface area contributed by atoms with E-state index in [9.17, 15) is 9.59 Å². The minimum absolute atomic E-state index is 0.309. The number of hydrogen-bond acceptors (Lipinski definition) is 2. The van der Waals surface area contributed by atoms with Crippen LogP contribution in [0.5, 0.6) is 0 Å². The van der Waals surface area contributed by atoms with Crippen molar-refractivity contribution in [3.05, 3.63) is 78.4 Å². The summed E-state index contributed by atoms with van der Waals surface area (Å²) >= 11 is 0. The van der Waals surface area contributed by atoms with Gasteiger partial charge in [0.1, 0.15) is 0 Å². The average Bonchev–Trinajstić information content (AvgIpc) is 2.76. The van der Waals surface area contributed by atoms with Crippen molar-refractivity contribution >= 4 is 29.2 Å². The first-order valence-corrected chi connectivity index (χ1v) is 9.53. The maximum absolute atomic E-state index is 12.7. The molecule has 0 radical (unpaired) electrons. The van der Waals surface area contributed by atoms with Gasteiger partial charge < -0.3 is 0 Å². The number of amides is 2. The van der Waals surface area contributed by atoms with E-state index in [-0.39, 0.29) is 5.91 Å². The Morgan fingerprint density at radius 2 is 1.33 bits per heavy atom. The van der Waals surface area contributed by atoms with Gasteiger partial charge in [-0.15, -0.1) is 0 Å². The molecule has 3 rings (SSSR count). The Morgan fingerprint density at radius 1 is 0.778 bits per heavy atom. The minimum atomic E-state index is -0.395. The van der Waals surface area contributed by atoms with Crippen LogP contribution in [0.3, 0.4) is 0 Å². The summed E-state index contributed by atoms with van der Waals surface area (Å²) in [4.78, 5) is 26.4. The summed E-state index contributed by atoms with van der Waals surface area (Å²) in [5.74, 6) is -0.731. The molecule has 2 aromatic carbocycles. The van der Waals surface area contributed by atoms with Crippen molar-refractivity contribution in [3.8, 4) is 0 Å². The Hall–Kier alpha value is -2.94. The Labute approximate surface area is 164 Å². The van der Waals surface area contributed by atoms with E-state index >= 15 is 0 Å². The second kappa shape index (κ2) is 12.4. The lowest BCUT2D eigenvalue weighted by atomic mass is 9.90. The first kappa shape index (κ1) is 24.1. The molecule has 2 aromatic rings. The second-order valence-corrected chi connectivity index (χ2v) is 4.73. The predicted molar refractivity (Wildman–Crippen MR) is 118 cm³/mol. The van der Waals surface area contributed by atoms with E-state index < -0.39 is 5.91 Å². The zero-order chi connectivity index (χ0) is 21.0. The second-order valence-electron chi connectivity index (χ2n) is 4.73. The summed E-state index contributed by atoms with van der Waals surface area (Å²) in [6.45, 7) is 19.6. The van der Waals surface area contributed by atoms with E-state index in [2.05, 4.69) is 13.2 Å². The van der Waals surface area contributed by atoms with E-state index in [1.54, 1.807) is 42.5 Å². The molecule has 0 atom stereocenters. The van der Waals surface area contributed by atoms with Crippen LogP contribution < -0.4 is 4.90 Å². The van der Waals surface area contributed by atoms with Gasteiger partial charge in [0.2, 0.25) is 0 Å². The normalized spacial score (nSPS) is 11.6. The zero-order valence-electron chi connectivity index (χ0n) is 17.4. The molecule has 0 aliphatic carbocycles. The van der Waals surface area contributed by atoms with Crippen molar-refractivity contribution in [1.82, 2.24) is 0 Å². The number of imide groups is 1. The highest BCUT2D eigenvalue weighted by Gasteiger charge is 2.35. The predicted octanol–water partition coefficient (Wildman–Crippen LogP) is 6.61. The van der Waals surface area contributed by atoms with Gasteiger partial charge in [0.15, 0.2) is 0 Å². The van der Waals surface area contributed by atoms with Crippen LogP contribution in [0.4, 0.5) is 5.69 Å². The molecule has 0 saturated carbocycles. The molecule has 0 spiro atoms. The van der Waals surface area contributed by atoms with E-state index in [1.165, 1.54) is 0 Å². The quantitative estimate of drug-likeness (QED) is 0.443. The number of carbonyl (C=O) groups is 2. The summed E-state index contributed by atoms with van der Waals surface area (Å²) in [6.07, 6.45) is 1.63. The van der Waals surface area contributed by atoms with E-state index in [0.717, 1.165) is 10.5 Å². The van der Waals surface area contributed by atoms with Crippen LogP contribution in [-0.2, 0) is 4.79 Å². The molecular formula is C24H31NO2. The van der Waals surface area contributed by atoms with Crippen LogP contribution in [0.2, 0.25) is 0 Å². The molecule has 0 fully saturated rings.